The standard InChI is InChI=1S/C7H15ClN2O3S/c1-9-7(11)3-5-10-14(12,13)6-2-4-8/h10H,2-6H2,1H3,(H,9,11). The van der Waals surface area contributed by atoms with Crippen molar-refractivity contribution in [1.82, 2.24) is 10.0 Å². The molecule has 84 valence electrons. The van der Waals surface area contributed by atoms with Crippen LogP contribution in [0.15, 0.2) is 0 Å². The smallest absolute Gasteiger partial charge is 0.221 e. The van der Waals surface area contributed by atoms with Crippen LogP contribution in [-0.2, 0) is 14.8 Å². The molecular formula is C7H15ClN2O3S. The van der Waals surface area contributed by atoms with E-state index in [0.29, 0.717) is 12.3 Å². The highest BCUT2D eigenvalue weighted by molar-refractivity contribution is 7.89. The van der Waals surface area contributed by atoms with Crippen LogP contribution in [0.25, 0.3) is 0 Å². The molecule has 0 saturated carbocycles. The Labute approximate surface area is 89.3 Å². The van der Waals surface area contributed by atoms with Crippen molar-refractivity contribution in [3.63, 3.8) is 0 Å². The van der Waals surface area contributed by atoms with Crippen molar-refractivity contribution in [3.05, 3.63) is 0 Å². The Morgan fingerprint density at radius 3 is 2.57 bits per heavy atom. The Morgan fingerprint density at radius 1 is 1.43 bits per heavy atom. The number of hydrogen-bond acceptors (Lipinski definition) is 3. The van der Waals surface area contributed by atoms with Crippen molar-refractivity contribution >= 4 is 27.5 Å². The van der Waals surface area contributed by atoms with Gasteiger partial charge in [0.25, 0.3) is 0 Å². The molecule has 0 unspecified atom stereocenters. The van der Waals surface area contributed by atoms with Gasteiger partial charge in [-0.05, 0) is 6.42 Å². The lowest BCUT2D eigenvalue weighted by Gasteiger charge is -2.04. The third-order valence-electron chi connectivity index (χ3n) is 1.50. The fourth-order valence-corrected chi connectivity index (χ4v) is 2.14. The molecule has 0 aromatic heterocycles. The fraction of sp³-hybridized carbons (Fsp3) is 0.857. The van der Waals surface area contributed by atoms with Crippen LogP contribution in [0.3, 0.4) is 0 Å². The number of carbonyl (C=O) groups is 1. The normalized spacial score (nSPS) is 11.3. The van der Waals surface area contributed by atoms with E-state index in [-0.39, 0.29) is 24.6 Å². The SMILES string of the molecule is CNC(=O)CCNS(=O)(=O)CCCCl. The molecule has 0 aliphatic rings. The molecule has 5 nitrogen and oxygen atoms in total. The Morgan fingerprint density at radius 2 is 2.07 bits per heavy atom. The summed E-state index contributed by atoms with van der Waals surface area (Å²) in [7, 11) is -1.76. The van der Waals surface area contributed by atoms with Crippen molar-refractivity contribution in [2.45, 2.75) is 12.8 Å². The van der Waals surface area contributed by atoms with Crippen molar-refractivity contribution in [2.24, 2.45) is 0 Å². The number of carbonyl (C=O) groups excluding carboxylic acids is 1. The average Bonchev–Trinajstić information content (AvgIpc) is 2.14. The summed E-state index contributed by atoms with van der Waals surface area (Å²) in [5.74, 6) is 0.130. The van der Waals surface area contributed by atoms with Gasteiger partial charge in [0, 0.05) is 25.9 Å². The molecule has 0 spiro atoms. The second-order valence-electron chi connectivity index (χ2n) is 2.68. The van der Waals surface area contributed by atoms with Crippen LogP contribution in [-0.4, -0.2) is 39.6 Å². The maximum absolute atomic E-state index is 11.2. The first-order valence-corrected chi connectivity index (χ1v) is 6.44. The van der Waals surface area contributed by atoms with Crippen LogP contribution in [0.4, 0.5) is 0 Å². The van der Waals surface area contributed by atoms with Crippen LogP contribution >= 0.6 is 11.6 Å². The lowest BCUT2D eigenvalue weighted by Crippen LogP contribution is -2.31. The zero-order chi connectivity index (χ0) is 11.0. The maximum atomic E-state index is 11.2. The molecule has 0 radical (unpaired) electrons. The summed E-state index contributed by atoms with van der Waals surface area (Å²) in [5, 5.41) is 2.40. The summed E-state index contributed by atoms with van der Waals surface area (Å²) in [6.45, 7) is 0.129. The monoisotopic (exact) mass is 242 g/mol. The number of hydrogen-bond donors (Lipinski definition) is 2. The van der Waals surface area contributed by atoms with Gasteiger partial charge >= 0.3 is 0 Å². The molecule has 0 bridgehead atoms. The van der Waals surface area contributed by atoms with Crippen molar-refractivity contribution in [1.29, 1.82) is 0 Å². The van der Waals surface area contributed by atoms with E-state index < -0.39 is 10.0 Å². The topological polar surface area (TPSA) is 75.3 Å². The summed E-state index contributed by atoms with van der Waals surface area (Å²) in [6.07, 6.45) is 0.563. The van der Waals surface area contributed by atoms with Gasteiger partial charge in [-0.25, -0.2) is 13.1 Å². The van der Waals surface area contributed by atoms with E-state index in [1.54, 1.807) is 0 Å². The quantitative estimate of drug-likeness (QED) is 0.601. The predicted molar refractivity (Wildman–Crippen MR) is 55.8 cm³/mol. The zero-order valence-corrected chi connectivity index (χ0v) is 9.62. The van der Waals surface area contributed by atoms with Crippen LogP contribution < -0.4 is 10.0 Å². The number of alkyl halides is 1. The summed E-state index contributed by atoms with van der Waals surface area (Å²) >= 11 is 5.36. The van der Waals surface area contributed by atoms with Crippen LogP contribution in [0.5, 0.6) is 0 Å². The molecule has 0 aliphatic heterocycles. The van der Waals surface area contributed by atoms with Crippen LogP contribution in [0, 0.1) is 0 Å². The molecule has 0 rings (SSSR count). The first-order valence-electron chi connectivity index (χ1n) is 4.25. The fourth-order valence-electron chi connectivity index (χ4n) is 0.762. The minimum absolute atomic E-state index is 0.00421. The van der Waals surface area contributed by atoms with E-state index in [9.17, 15) is 13.2 Å². The van der Waals surface area contributed by atoms with Crippen molar-refractivity contribution in [2.75, 3.05) is 25.2 Å². The molecule has 7 heteroatoms. The van der Waals surface area contributed by atoms with Gasteiger partial charge in [0.2, 0.25) is 15.9 Å². The summed E-state index contributed by atoms with van der Waals surface area (Å²) in [4.78, 5) is 10.7. The Kier molecular flexibility index (Phi) is 6.86. The molecule has 0 aliphatic carbocycles. The Hall–Kier alpha value is -0.330. The second kappa shape index (κ2) is 7.03. The number of sulfonamides is 1. The van der Waals surface area contributed by atoms with Gasteiger partial charge in [-0.2, -0.15) is 0 Å². The number of rotatable bonds is 7. The molecule has 1 amide bonds. The first-order chi connectivity index (χ1) is 6.52. The summed E-state index contributed by atoms with van der Waals surface area (Å²) in [6, 6.07) is 0. The average molecular weight is 243 g/mol. The minimum atomic E-state index is -3.26. The summed E-state index contributed by atoms with van der Waals surface area (Å²) < 4.78 is 24.6. The number of nitrogens with one attached hydrogen (secondary N) is 2. The van der Waals surface area contributed by atoms with Crippen molar-refractivity contribution in [3.8, 4) is 0 Å². The van der Waals surface area contributed by atoms with Gasteiger partial charge in [0.15, 0.2) is 0 Å². The van der Waals surface area contributed by atoms with E-state index in [2.05, 4.69) is 10.0 Å². The Balaban J connectivity index is 3.71. The molecule has 2 N–H and O–H groups in total. The molecule has 0 aromatic carbocycles. The minimum Gasteiger partial charge on any atom is -0.359 e. The lowest BCUT2D eigenvalue weighted by atomic mass is 10.4. The molecule has 0 fully saturated rings. The van der Waals surface area contributed by atoms with E-state index >= 15 is 0 Å². The number of halogens is 1. The van der Waals surface area contributed by atoms with Gasteiger partial charge in [-0.3, -0.25) is 4.79 Å². The van der Waals surface area contributed by atoms with Gasteiger partial charge in [-0.15, -0.1) is 11.6 Å². The largest absolute Gasteiger partial charge is 0.359 e. The molecule has 0 heterocycles. The second-order valence-corrected chi connectivity index (χ2v) is 4.98. The van der Waals surface area contributed by atoms with Crippen molar-refractivity contribution < 1.29 is 13.2 Å². The van der Waals surface area contributed by atoms with E-state index in [1.165, 1.54) is 7.05 Å². The molecular weight excluding hydrogens is 228 g/mol. The van der Waals surface area contributed by atoms with Crippen LogP contribution in [0.2, 0.25) is 0 Å². The van der Waals surface area contributed by atoms with Gasteiger partial charge < -0.3 is 5.32 Å². The highest BCUT2D eigenvalue weighted by atomic mass is 35.5. The maximum Gasteiger partial charge on any atom is 0.221 e. The third-order valence-corrected chi connectivity index (χ3v) is 3.24. The lowest BCUT2D eigenvalue weighted by molar-refractivity contribution is -0.120. The van der Waals surface area contributed by atoms with Gasteiger partial charge in [0.1, 0.15) is 0 Å². The van der Waals surface area contributed by atoms with Gasteiger partial charge in [-0.1, -0.05) is 0 Å². The predicted octanol–water partition coefficient (Wildman–Crippen LogP) is -0.329. The Bertz CT molecular complexity index is 266. The summed E-state index contributed by atoms with van der Waals surface area (Å²) in [5.41, 5.74) is 0. The highest BCUT2D eigenvalue weighted by Gasteiger charge is 2.09. The molecule has 0 saturated heterocycles. The first kappa shape index (κ1) is 13.7. The third kappa shape index (κ3) is 7.11. The van der Waals surface area contributed by atoms with E-state index in [4.69, 9.17) is 11.6 Å². The van der Waals surface area contributed by atoms with Gasteiger partial charge in [0.05, 0.1) is 5.75 Å². The zero-order valence-electron chi connectivity index (χ0n) is 8.05. The van der Waals surface area contributed by atoms with E-state index in [0.717, 1.165) is 0 Å². The molecule has 0 aromatic rings. The van der Waals surface area contributed by atoms with E-state index in [1.807, 2.05) is 0 Å². The van der Waals surface area contributed by atoms with Crippen LogP contribution in [0.1, 0.15) is 12.8 Å². The molecule has 0 atom stereocenters. The molecule has 14 heavy (non-hydrogen) atoms. The highest BCUT2D eigenvalue weighted by Crippen LogP contribution is 1.92. The number of amides is 1.